The van der Waals surface area contributed by atoms with E-state index in [2.05, 4.69) is 19.2 Å². The van der Waals surface area contributed by atoms with E-state index in [0.717, 1.165) is 29.7 Å². The van der Waals surface area contributed by atoms with Gasteiger partial charge in [0.2, 0.25) is 5.91 Å². The normalized spacial score (nSPS) is 28.1. The molecular weight excluding hydrogens is 354 g/mol. The van der Waals surface area contributed by atoms with Gasteiger partial charge >= 0.3 is 6.03 Å². The lowest BCUT2D eigenvalue weighted by Crippen LogP contribution is -2.52. The van der Waals surface area contributed by atoms with E-state index in [9.17, 15) is 14.4 Å². The molecule has 6 nitrogen and oxygen atoms in total. The number of carbonyl (C=O) groups excluding carboxylic acids is 3. The summed E-state index contributed by atoms with van der Waals surface area (Å²) in [7, 11) is 0. The Morgan fingerprint density at radius 1 is 1.14 bits per heavy atom. The van der Waals surface area contributed by atoms with Crippen LogP contribution in [0.3, 0.4) is 0 Å². The Morgan fingerprint density at radius 3 is 2.25 bits per heavy atom. The van der Waals surface area contributed by atoms with Crippen molar-refractivity contribution >= 4 is 17.8 Å². The van der Waals surface area contributed by atoms with Crippen molar-refractivity contribution in [1.82, 2.24) is 15.1 Å². The van der Waals surface area contributed by atoms with Crippen LogP contribution in [0.1, 0.15) is 70.9 Å². The summed E-state index contributed by atoms with van der Waals surface area (Å²) in [6, 6.07) is 7.48. The second-order valence-electron chi connectivity index (χ2n) is 8.65. The number of urea groups is 1. The van der Waals surface area contributed by atoms with Gasteiger partial charge in [0.05, 0.1) is 0 Å². The zero-order valence-electron chi connectivity index (χ0n) is 17.5. The molecule has 0 saturated carbocycles. The summed E-state index contributed by atoms with van der Waals surface area (Å²) in [5, 5.41) is 2.79. The van der Waals surface area contributed by atoms with Crippen LogP contribution in [0.15, 0.2) is 24.3 Å². The van der Waals surface area contributed by atoms with Crippen LogP contribution in [0, 0.1) is 0 Å². The van der Waals surface area contributed by atoms with Crippen molar-refractivity contribution in [3.63, 3.8) is 0 Å². The van der Waals surface area contributed by atoms with Crippen molar-refractivity contribution in [3.05, 3.63) is 35.4 Å². The Labute approximate surface area is 167 Å². The SMILES string of the molecule is CC(C)c1ccc([C@@]2(C)NC(=O)N(CC(=O)N3[C@@H](C)CCC[C@@H]3C)C2=O)cc1. The first-order valence-corrected chi connectivity index (χ1v) is 10.2. The van der Waals surface area contributed by atoms with E-state index < -0.39 is 11.6 Å². The minimum absolute atomic E-state index is 0.131. The first-order valence-electron chi connectivity index (χ1n) is 10.2. The molecule has 2 heterocycles. The monoisotopic (exact) mass is 385 g/mol. The predicted octanol–water partition coefficient (Wildman–Crippen LogP) is 3.37. The van der Waals surface area contributed by atoms with E-state index in [1.807, 2.05) is 43.0 Å². The number of imide groups is 1. The van der Waals surface area contributed by atoms with Gasteiger partial charge in [0.15, 0.2) is 0 Å². The van der Waals surface area contributed by atoms with Crippen LogP contribution >= 0.6 is 0 Å². The summed E-state index contributed by atoms with van der Waals surface area (Å²) < 4.78 is 0. The molecule has 4 amide bonds. The minimum Gasteiger partial charge on any atom is -0.336 e. The Morgan fingerprint density at radius 2 is 1.71 bits per heavy atom. The third kappa shape index (κ3) is 3.52. The maximum Gasteiger partial charge on any atom is 0.325 e. The maximum atomic E-state index is 13.1. The molecule has 1 N–H and O–H groups in total. The number of hydrogen-bond acceptors (Lipinski definition) is 3. The summed E-state index contributed by atoms with van der Waals surface area (Å²) in [6.07, 6.45) is 3.01. The van der Waals surface area contributed by atoms with Crippen molar-refractivity contribution in [2.24, 2.45) is 0 Å². The molecule has 3 atom stereocenters. The number of rotatable bonds is 4. The predicted molar refractivity (Wildman–Crippen MR) is 108 cm³/mol. The fourth-order valence-electron chi connectivity index (χ4n) is 4.37. The summed E-state index contributed by atoms with van der Waals surface area (Å²) in [4.78, 5) is 41.4. The van der Waals surface area contributed by atoms with Crippen LogP contribution in [-0.2, 0) is 15.1 Å². The largest absolute Gasteiger partial charge is 0.336 e. The van der Waals surface area contributed by atoms with E-state index in [4.69, 9.17) is 0 Å². The molecule has 3 rings (SSSR count). The van der Waals surface area contributed by atoms with Gasteiger partial charge in [-0.3, -0.25) is 14.5 Å². The number of benzene rings is 1. The molecule has 2 fully saturated rings. The van der Waals surface area contributed by atoms with E-state index in [1.165, 1.54) is 5.56 Å². The summed E-state index contributed by atoms with van der Waals surface area (Å²) in [5.74, 6) is -0.151. The van der Waals surface area contributed by atoms with Crippen LogP contribution < -0.4 is 5.32 Å². The van der Waals surface area contributed by atoms with Gasteiger partial charge in [-0.1, -0.05) is 38.1 Å². The molecule has 2 saturated heterocycles. The zero-order valence-corrected chi connectivity index (χ0v) is 17.5. The molecule has 1 aromatic carbocycles. The topological polar surface area (TPSA) is 69.7 Å². The van der Waals surface area contributed by atoms with E-state index in [0.29, 0.717) is 5.92 Å². The molecule has 2 aliphatic heterocycles. The molecule has 0 bridgehead atoms. The lowest BCUT2D eigenvalue weighted by atomic mass is 9.90. The van der Waals surface area contributed by atoms with Crippen LogP contribution in [0.4, 0.5) is 4.79 Å². The third-order valence-electron chi connectivity index (χ3n) is 6.20. The highest BCUT2D eigenvalue weighted by atomic mass is 16.2. The van der Waals surface area contributed by atoms with Gasteiger partial charge in [-0.2, -0.15) is 0 Å². The third-order valence-corrected chi connectivity index (χ3v) is 6.20. The fraction of sp³-hybridized carbons (Fsp3) is 0.591. The first kappa shape index (κ1) is 20.4. The van der Waals surface area contributed by atoms with Crippen molar-refractivity contribution < 1.29 is 14.4 Å². The van der Waals surface area contributed by atoms with Crippen LogP contribution in [0.5, 0.6) is 0 Å². The minimum atomic E-state index is -1.15. The highest BCUT2D eigenvalue weighted by molar-refractivity contribution is 6.09. The number of amides is 4. The molecule has 0 radical (unpaired) electrons. The second-order valence-corrected chi connectivity index (χ2v) is 8.65. The number of carbonyl (C=O) groups is 3. The molecule has 152 valence electrons. The summed E-state index contributed by atoms with van der Waals surface area (Å²) in [5.41, 5.74) is 0.751. The molecular formula is C22H31N3O3. The Hall–Kier alpha value is -2.37. The Bertz CT molecular complexity index is 764. The van der Waals surface area contributed by atoms with E-state index >= 15 is 0 Å². The standard InChI is InChI=1S/C22H31N3O3/c1-14(2)17-9-11-18(12-10-17)22(5)20(27)24(21(28)23-22)13-19(26)25-15(3)7-6-8-16(25)4/h9-12,14-16H,6-8,13H2,1-5H3,(H,23,28)/t15-,16-,22+/m0/s1. The number of likely N-dealkylation sites (tertiary alicyclic amines) is 1. The zero-order chi connectivity index (χ0) is 20.6. The van der Waals surface area contributed by atoms with Crippen LogP contribution in [0.2, 0.25) is 0 Å². The van der Waals surface area contributed by atoms with E-state index in [1.54, 1.807) is 6.92 Å². The van der Waals surface area contributed by atoms with Gasteiger partial charge in [0.1, 0.15) is 12.1 Å². The Kier molecular flexibility index (Phi) is 5.50. The molecule has 0 unspecified atom stereocenters. The highest BCUT2D eigenvalue weighted by Gasteiger charge is 2.50. The molecule has 1 aromatic rings. The maximum absolute atomic E-state index is 13.1. The summed E-state index contributed by atoms with van der Waals surface area (Å²) >= 11 is 0. The quantitative estimate of drug-likeness (QED) is 0.808. The average Bonchev–Trinajstić information content (AvgIpc) is 2.86. The smallest absolute Gasteiger partial charge is 0.325 e. The van der Waals surface area contributed by atoms with Crippen molar-refractivity contribution in [1.29, 1.82) is 0 Å². The van der Waals surface area contributed by atoms with E-state index in [-0.39, 0.29) is 30.4 Å². The lowest BCUT2D eigenvalue weighted by molar-refractivity contribution is -0.142. The van der Waals surface area contributed by atoms with Crippen LogP contribution in [0.25, 0.3) is 0 Å². The van der Waals surface area contributed by atoms with Gasteiger partial charge in [0, 0.05) is 12.1 Å². The van der Waals surface area contributed by atoms with Crippen molar-refractivity contribution in [2.45, 2.75) is 77.4 Å². The van der Waals surface area contributed by atoms with Gasteiger partial charge in [-0.05, 0) is 57.1 Å². The molecule has 0 aromatic heterocycles. The van der Waals surface area contributed by atoms with Crippen molar-refractivity contribution in [3.8, 4) is 0 Å². The van der Waals surface area contributed by atoms with Gasteiger partial charge in [-0.25, -0.2) is 4.79 Å². The number of nitrogens with one attached hydrogen (secondary N) is 1. The molecule has 6 heteroatoms. The van der Waals surface area contributed by atoms with Crippen molar-refractivity contribution in [2.75, 3.05) is 6.54 Å². The first-order chi connectivity index (χ1) is 13.1. The van der Waals surface area contributed by atoms with Crippen LogP contribution in [-0.4, -0.2) is 46.3 Å². The second kappa shape index (κ2) is 7.57. The molecule has 2 aliphatic rings. The molecule has 0 spiro atoms. The lowest BCUT2D eigenvalue weighted by Gasteiger charge is -2.39. The number of piperidine rings is 1. The number of nitrogens with zero attached hydrogens (tertiary/aromatic N) is 2. The Balaban J connectivity index is 1.78. The highest BCUT2D eigenvalue weighted by Crippen LogP contribution is 2.30. The summed E-state index contributed by atoms with van der Waals surface area (Å²) in [6.45, 7) is 9.76. The van der Waals surface area contributed by atoms with Gasteiger partial charge < -0.3 is 10.2 Å². The fourth-order valence-corrected chi connectivity index (χ4v) is 4.37. The van der Waals surface area contributed by atoms with Gasteiger partial charge in [0.25, 0.3) is 5.91 Å². The average molecular weight is 386 g/mol. The molecule has 28 heavy (non-hydrogen) atoms. The number of hydrogen-bond donors (Lipinski definition) is 1. The van der Waals surface area contributed by atoms with Gasteiger partial charge in [-0.15, -0.1) is 0 Å². The molecule has 0 aliphatic carbocycles.